The molecule has 5 nitrogen and oxygen atoms in total. The number of hydrogen-bond acceptors (Lipinski definition) is 5. The van der Waals surface area contributed by atoms with Crippen molar-refractivity contribution in [3.05, 3.63) is 0 Å². The molecule has 6 radical (unpaired) electrons. The Morgan fingerprint density at radius 3 is 0.375 bits per heavy atom. The summed E-state index contributed by atoms with van der Waals surface area (Å²) in [6.07, 6.45) is 0. The van der Waals surface area contributed by atoms with Crippen molar-refractivity contribution in [1.29, 1.82) is 0 Å². The van der Waals surface area contributed by atoms with Crippen LogP contribution in [-0.2, 0) is 0 Å². The highest BCUT2D eigenvalue weighted by atomic mass is 35.5. The van der Waals surface area contributed by atoms with Gasteiger partial charge in [0.2, 0.25) is 0 Å². The first-order chi connectivity index (χ1) is 0. The second kappa shape index (κ2) is 313. The normalized spacial score (nSPS) is 0. The van der Waals surface area contributed by atoms with Gasteiger partial charge in [0.05, 0.1) is 0 Å². The highest BCUT2D eigenvalue weighted by molar-refractivity contribution is 5.76. The van der Waals surface area contributed by atoms with E-state index in [0.29, 0.717) is 0 Å². The summed E-state index contributed by atoms with van der Waals surface area (Å²) in [5.74, 6) is 0. The van der Waals surface area contributed by atoms with Gasteiger partial charge in [0.25, 0.3) is 0 Å². The smallest absolute Gasteiger partial charge is 0 e. The van der Waals surface area contributed by atoms with Gasteiger partial charge in [-0.1, -0.05) is 0 Å². The van der Waals surface area contributed by atoms with Gasteiger partial charge in [-0.2, -0.15) is 0 Å². The zero-order chi connectivity index (χ0) is 0. The Kier molecular flexibility index (Phi) is 17900. The molecule has 0 aromatic carbocycles. The second-order valence-electron chi connectivity index (χ2n) is 0. The van der Waals surface area contributed by atoms with Crippen LogP contribution in [0.2, 0.25) is 0 Å². The van der Waals surface area contributed by atoms with Crippen molar-refractivity contribution in [3.63, 3.8) is 0 Å². The molecule has 0 aromatic rings. The molecule has 0 rings (SSSR count). The molecule has 8 heavy (non-hydrogen) atoms. The Hall–Kier alpha value is 1.15. The molecule has 0 aromatic heterocycles. The van der Waals surface area contributed by atoms with Gasteiger partial charge in [-0.3, -0.25) is 0 Å². The quantitative estimate of drug-likeness (QED) is 0.338. The second-order valence-corrected chi connectivity index (χ2v) is 0. The summed E-state index contributed by atoms with van der Waals surface area (Å²) in [6, 6.07) is 0. The average Bonchev–Trinajstić information content (AvgIpc) is 0. The van der Waals surface area contributed by atoms with E-state index < -0.39 is 0 Å². The fourth-order valence-corrected chi connectivity index (χ4v) is 0. The van der Waals surface area contributed by atoms with Gasteiger partial charge in [0.15, 0.2) is 0 Å². The standard InChI is InChI=1S/2Al.ClH.5H2O/h;;1H;5*1H2/p-6. The van der Waals surface area contributed by atoms with Crippen molar-refractivity contribution in [2.45, 2.75) is 0 Å². The Morgan fingerprint density at radius 1 is 0.375 bits per heavy atom. The summed E-state index contributed by atoms with van der Waals surface area (Å²) in [6.45, 7) is 0. The Bertz CT molecular complexity index is 10.4. The highest BCUT2D eigenvalue weighted by Crippen LogP contribution is -0.285. The third kappa shape index (κ3) is 203. The molecule has 0 saturated carbocycles. The maximum absolute atomic E-state index is 0. The molecule has 0 aliphatic carbocycles. The fourth-order valence-electron chi connectivity index (χ4n) is 0. The van der Waals surface area contributed by atoms with Crippen molar-refractivity contribution in [2.75, 3.05) is 0 Å². The van der Waals surface area contributed by atoms with Gasteiger partial charge >= 0.3 is 0 Å². The molecule has 5 N–H and O–H groups in total. The van der Waals surface area contributed by atoms with Crippen LogP contribution in [-0.4, -0.2) is 62.1 Å². The van der Waals surface area contributed by atoms with Crippen LogP contribution in [0.4, 0.5) is 0 Å². The molecule has 0 aliphatic heterocycles. The number of hydrogen-bond donors (Lipinski definition) is 0. The molecule has 0 fully saturated rings. The highest BCUT2D eigenvalue weighted by Gasteiger charge is 0.00101. The zero-order valence-electron chi connectivity index (χ0n) is 3.77. The van der Waals surface area contributed by atoms with Gasteiger partial charge in [0.1, 0.15) is 0 Å². The van der Waals surface area contributed by atoms with Crippen LogP contribution in [0.25, 0.3) is 0 Å². The van der Waals surface area contributed by atoms with Crippen LogP contribution in [0.15, 0.2) is 0 Å². The summed E-state index contributed by atoms with van der Waals surface area (Å²) in [7, 11) is 0. The molecule has 0 unspecified atom stereocenters. The van der Waals surface area contributed by atoms with Crippen LogP contribution in [0, 0.1) is 0 Å². The maximum atomic E-state index is 0. The third-order valence-electron chi connectivity index (χ3n) is 0. The van der Waals surface area contributed by atoms with Gasteiger partial charge in [-0.25, -0.2) is 0 Å². The minimum atomic E-state index is 0. The lowest BCUT2D eigenvalue weighted by atomic mass is 16.0. The van der Waals surface area contributed by atoms with E-state index in [-0.39, 0.29) is 74.5 Å². The lowest BCUT2D eigenvalue weighted by molar-refractivity contribution is -0.00000638. The van der Waals surface area contributed by atoms with Gasteiger partial charge in [-0.15, -0.1) is 0 Å². The Morgan fingerprint density at radius 2 is 0.375 bits per heavy atom. The van der Waals surface area contributed by atoms with Crippen molar-refractivity contribution >= 4 is 34.7 Å². The van der Waals surface area contributed by atoms with Gasteiger partial charge < -0.3 is 39.8 Å². The van der Waals surface area contributed by atoms with Crippen molar-refractivity contribution in [3.8, 4) is 0 Å². The molecule has 0 heterocycles. The molecule has 0 atom stereocenters. The molecule has 8 heteroatoms. The molecular weight excluding hydrogens is 169 g/mol. The first-order valence-electron chi connectivity index (χ1n) is 0. The van der Waals surface area contributed by atoms with E-state index in [1.54, 1.807) is 0 Å². The molecule has 0 spiro atoms. The third-order valence-corrected chi connectivity index (χ3v) is 0. The Balaban J connectivity index is 0. The van der Waals surface area contributed by atoms with E-state index in [1.165, 1.54) is 0 Å². The van der Waals surface area contributed by atoms with E-state index in [9.17, 15) is 0 Å². The zero-order valence-corrected chi connectivity index (χ0v) is 6.83. The first-order valence-corrected chi connectivity index (χ1v) is 0. The van der Waals surface area contributed by atoms with Crippen molar-refractivity contribution < 1.29 is 39.8 Å². The predicted octanol–water partition coefficient (Wildman–Crippen LogP) is -4.64. The minimum Gasteiger partial charge on any atom is -1.00 e. The minimum absolute atomic E-state index is 0. The molecular formula is H5Al2ClO5-6. The fraction of sp³-hybridized carbons (Fsp3) is 0. The Labute approximate surface area is 74.7 Å². The number of halogens is 1. The lowest BCUT2D eigenvalue weighted by Crippen LogP contribution is -3.00. The van der Waals surface area contributed by atoms with E-state index in [2.05, 4.69) is 0 Å². The van der Waals surface area contributed by atoms with Crippen LogP contribution in [0.3, 0.4) is 0 Å². The van der Waals surface area contributed by atoms with E-state index in [4.69, 9.17) is 0 Å². The SMILES string of the molecule is [Al].[Al].[Cl-].[OH-].[OH-].[OH-].[OH-].[OH-]. The summed E-state index contributed by atoms with van der Waals surface area (Å²) in [5, 5.41) is 0. The van der Waals surface area contributed by atoms with E-state index in [0.717, 1.165) is 0 Å². The maximum Gasteiger partial charge on any atom is 0 e. The van der Waals surface area contributed by atoms with E-state index >= 15 is 0 Å². The molecule has 54 valence electrons. The number of rotatable bonds is 0. The summed E-state index contributed by atoms with van der Waals surface area (Å²) in [4.78, 5) is 0. The summed E-state index contributed by atoms with van der Waals surface area (Å²) >= 11 is 0. The van der Waals surface area contributed by atoms with Crippen LogP contribution < -0.4 is 12.4 Å². The van der Waals surface area contributed by atoms with Crippen LogP contribution in [0.1, 0.15) is 0 Å². The van der Waals surface area contributed by atoms with Crippen LogP contribution >= 0.6 is 0 Å². The average molecular weight is 174 g/mol. The van der Waals surface area contributed by atoms with Crippen LogP contribution in [0.5, 0.6) is 0 Å². The van der Waals surface area contributed by atoms with E-state index in [1.807, 2.05) is 0 Å². The monoisotopic (exact) mass is 174 g/mol. The summed E-state index contributed by atoms with van der Waals surface area (Å²) in [5.41, 5.74) is 0. The lowest BCUT2D eigenvalue weighted by Gasteiger charge is -1.00. The van der Waals surface area contributed by atoms with Gasteiger partial charge in [0, 0.05) is 34.7 Å². The predicted molar refractivity (Wildman–Crippen MR) is 21.2 cm³/mol. The van der Waals surface area contributed by atoms with Crippen molar-refractivity contribution in [1.82, 2.24) is 0 Å². The first kappa shape index (κ1) is 456. The molecule has 0 bridgehead atoms. The molecule has 0 aliphatic rings. The van der Waals surface area contributed by atoms with Gasteiger partial charge in [-0.05, 0) is 0 Å². The van der Waals surface area contributed by atoms with Crippen molar-refractivity contribution in [2.24, 2.45) is 0 Å². The topological polar surface area (TPSA) is 150 Å². The molecule has 0 amide bonds. The summed E-state index contributed by atoms with van der Waals surface area (Å²) < 4.78 is 0. The molecule has 0 saturated heterocycles. The largest absolute Gasteiger partial charge is 1.00 e.